The maximum absolute atomic E-state index is 12.5. The van der Waals surface area contributed by atoms with Crippen molar-refractivity contribution in [1.29, 1.82) is 0 Å². The number of nitrogen functional groups attached to an aromatic ring is 1. The van der Waals surface area contributed by atoms with Crippen molar-refractivity contribution in [3.05, 3.63) is 41.9 Å². The minimum absolute atomic E-state index is 0.0685. The topological polar surface area (TPSA) is 77.0 Å². The van der Waals surface area contributed by atoms with E-state index in [2.05, 4.69) is 10.1 Å². The standard InChI is InChI=1S/C15H19N5O/c1-11-13(3-2-7-17-11)15(21)19-8-4-12(5-9-19)20-10-6-14(16)18-20/h2-3,6-7,10,12H,4-5,8-9H2,1H3,(H2,16,18). The second-order valence-electron chi connectivity index (χ2n) is 5.38. The Morgan fingerprint density at radius 2 is 2.10 bits per heavy atom. The second-order valence-corrected chi connectivity index (χ2v) is 5.38. The van der Waals surface area contributed by atoms with Gasteiger partial charge in [-0.15, -0.1) is 0 Å². The number of rotatable bonds is 2. The molecule has 110 valence electrons. The fraction of sp³-hybridized carbons (Fsp3) is 0.400. The lowest BCUT2D eigenvalue weighted by atomic mass is 10.0. The minimum atomic E-state index is 0.0685. The number of likely N-dealkylation sites (tertiary alicyclic amines) is 1. The zero-order chi connectivity index (χ0) is 14.8. The van der Waals surface area contributed by atoms with Crippen molar-refractivity contribution in [3.63, 3.8) is 0 Å². The van der Waals surface area contributed by atoms with Gasteiger partial charge in [0, 0.05) is 31.2 Å². The highest BCUT2D eigenvalue weighted by atomic mass is 16.2. The van der Waals surface area contributed by atoms with Gasteiger partial charge >= 0.3 is 0 Å². The van der Waals surface area contributed by atoms with Gasteiger partial charge in [-0.25, -0.2) is 0 Å². The second kappa shape index (κ2) is 5.55. The van der Waals surface area contributed by atoms with Gasteiger partial charge in [0.1, 0.15) is 5.82 Å². The molecular weight excluding hydrogens is 266 g/mol. The number of anilines is 1. The zero-order valence-electron chi connectivity index (χ0n) is 12.1. The molecule has 0 atom stereocenters. The predicted octanol–water partition coefficient (Wildman–Crippen LogP) is 1.65. The van der Waals surface area contributed by atoms with E-state index in [1.165, 1.54) is 0 Å². The Balaban J connectivity index is 1.66. The van der Waals surface area contributed by atoms with E-state index in [0.717, 1.165) is 31.6 Å². The molecule has 0 saturated carbocycles. The summed E-state index contributed by atoms with van der Waals surface area (Å²) in [7, 11) is 0. The summed E-state index contributed by atoms with van der Waals surface area (Å²) >= 11 is 0. The number of amides is 1. The molecular formula is C15H19N5O. The molecule has 0 radical (unpaired) electrons. The molecule has 6 heteroatoms. The third kappa shape index (κ3) is 2.74. The number of aryl methyl sites for hydroxylation is 1. The summed E-state index contributed by atoms with van der Waals surface area (Å²) in [5.74, 6) is 0.610. The summed E-state index contributed by atoms with van der Waals surface area (Å²) in [5.41, 5.74) is 7.13. The van der Waals surface area contributed by atoms with Gasteiger partial charge < -0.3 is 10.6 Å². The van der Waals surface area contributed by atoms with Crippen molar-refractivity contribution in [2.24, 2.45) is 0 Å². The lowest BCUT2D eigenvalue weighted by molar-refractivity contribution is 0.0689. The van der Waals surface area contributed by atoms with E-state index < -0.39 is 0 Å². The molecule has 1 aliphatic rings. The number of hydrogen-bond donors (Lipinski definition) is 1. The highest BCUT2D eigenvalue weighted by Crippen LogP contribution is 2.23. The van der Waals surface area contributed by atoms with Crippen molar-refractivity contribution in [2.75, 3.05) is 18.8 Å². The zero-order valence-corrected chi connectivity index (χ0v) is 12.1. The fourth-order valence-corrected chi connectivity index (χ4v) is 2.77. The number of carbonyl (C=O) groups is 1. The van der Waals surface area contributed by atoms with Gasteiger partial charge in [-0.2, -0.15) is 5.10 Å². The van der Waals surface area contributed by atoms with Gasteiger partial charge in [0.2, 0.25) is 0 Å². The Morgan fingerprint density at radius 1 is 1.33 bits per heavy atom. The predicted molar refractivity (Wildman–Crippen MR) is 79.8 cm³/mol. The maximum atomic E-state index is 12.5. The molecule has 3 rings (SSSR count). The molecule has 21 heavy (non-hydrogen) atoms. The van der Waals surface area contributed by atoms with E-state index in [9.17, 15) is 4.79 Å². The summed E-state index contributed by atoms with van der Waals surface area (Å²) in [6.07, 6.45) is 5.40. The van der Waals surface area contributed by atoms with Crippen LogP contribution in [-0.2, 0) is 0 Å². The summed E-state index contributed by atoms with van der Waals surface area (Å²) in [4.78, 5) is 18.6. The number of piperidine rings is 1. The van der Waals surface area contributed by atoms with Crippen LogP contribution >= 0.6 is 0 Å². The van der Waals surface area contributed by atoms with Gasteiger partial charge in [-0.05, 0) is 38.0 Å². The lowest BCUT2D eigenvalue weighted by Gasteiger charge is -2.32. The number of nitrogens with two attached hydrogens (primary N) is 1. The Labute approximate surface area is 123 Å². The van der Waals surface area contributed by atoms with Crippen molar-refractivity contribution < 1.29 is 4.79 Å². The smallest absolute Gasteiger partial charge is 0.255 e. The van der Waals surface area contributed by atoms with E-state index in [1.807, 2.05) is 28.8 Å². The third-order valence-electron chi connectivity index (χ3n) is 3.99. The first-order chi connectivity index (χ1) is 10.1. The number of pyridine rings is 1. The highest BCUT2D eigenvalue weighted by molar-refractivity contribution is 5.95. The monoisotopic (exact) mass is 285 g/mol. The number of aromatic nitrogens is 3. The van der Waals surface area contributed by atoms with Crippen molar-refractivity contribution >= 4 is 11.7 Å². The Hall–Kier alpha value is -2.37. The van der Waals surface area contributed by atoms with Crippen LogP contribution in [0.1, 0.15) is 34.9 Å². The molecule has 0 aromatic carbocycles. The van der Waals surface area contributed by atoms with E-state index >= 15 is 0 Å². The van der Waals surface area contributed by atoms with E-state index in [-0.39, 0.29) is 5.91 Å². The van der Waals surface area contributed by atoms with Crippen molar-refractivity contribution in [2.45, 2.75) is 25.8 Å². The van der Waals surface area contributed by atoms with E-state index in [0.29, 0.717) is 17.4 Å². The molecule has 0 spiro atoms. The maximum Gasteiger partial charge on any atom is 0.255 e. The SMILES string of the molecule is Cc1ncccc1C(=O)N1CCC(n2ccc(N)n2)CC1. The van der Waals surface area contributed by atoms with Gasteiger partial charge in [0.15, 0.2) is 0 Å². The molecule has 2 N–H and O–H groups in total. The first kappa shape index (κ1) is 13.6. The lowest BCUT2D eigenvalue weighted by Crippen LogP contribution is -2.39. The largest absolute Gasteiger partial charge is 0.382 e. The molecule has 0 unspecified atom stereocenters. The summed E-state index contributed by atoms with van der Waals surface area (Å²) < 4.78 is 1.91. The summed E-state index contributed by atoms with van der Waals surface area (Å²) in [5, 5.41) is 4.26. The van der Waals surface area contributed by atoms with Crippen LogP contribution in [0.4, 0.5) is 5.82 Å². The van der Waals surface area contributed by atoms with Crippen molar-refractivity contribution in [1.82, 2.24) is 19.7 Å². The number of carbonyl (C=O) groups excluding carboxylic acids is 1. The molecule has 0 bridgehead atoms. The summed E-state index contributed by atoms with van der Waals surface area (Å²) in [6, 6.07) is 5.77. The molecule has 3 heterocycles. The van der Waals surface area contributed by atoms with Crippen LogP contribution in [0, 0.1) is 6.92 Å². The average Bonchev–Trinajstić information content (AvgIpc) is 2.94. The minimum Gasteiger partial charge on any atom is -0.382 e. The first-order valence-corrected chi connectivity index (χ1v) is 7.16. The van der Waals surface area contributed by atoms with E-state index in [4.69, 9.17) is 5.73 Å². The quantitative estimate of drug-likeness (QED) is 0.910. The van der Waals surface area contributed by atoms with Crippen LogP contribution in [0.5, 0.6) is 0 Å². The normalized spacial score (nSPS) is 16.1. The van der Waals surface area contributed by atoms with Crippen LogP contribution in [0.25, 0.3) is 0 Å². The Kier molecular flexibility index (Phi) is 3.60. The molecule has 1 amide bonds. The van der Waals surface area contributed by atoms with Crippen LogP contribution in [0.3, 0.4) is 0 Å². The molecule has 2 aromatic rings. The van der Waals surface area contributed by atoms with Crippen molar-refractivity contribution in [3.8, 4) is 0 Å². The molecule has 2 aromatic heterocycles. The third-order valence-corrected chi connectivity index (χ3v) is 3.99. The Bertz CT molecular complexity index is 643. The number of nitrogens with zero attached hydrogens (tertiary/aromatic N) is 4. The van der Waals surface area contributed by atoms with Crippen LogP contribution < -0.4 is 5.73 Å². The molecule has 1 saturated heterocycles. The van der Waals surface area contributed by atoms with Gasteiger partial charge in [0.05, 0.1) is 11.6 Å². The van der Waals surface area contributed by atoms with E-state index in [1.54, 1.807) is 18.3 Å². The van der Waals surface area contributed by atoms with Gasteiger partial charge in [-0.1, -0.05) is 0 Å². The molecule has 0 aliphatic carbocycles. The summed E-state index contributed by atoms with van der Waals surface area (Å²) in [6.45, 7) is 3.34. The molecule has 1 aliphatic heterocycles. The Morgan fingerprint density at radius 3 is 2.71 bits per heavy atom. The number of hydrogen-bond acceptors (Lipinski definition) is 4. The van der Waals surface area contributed by atoms with Crippen LogP contribution in [0.2, 0.25) is 0 Å². The highest BCUT2D eigenvalue weighted by Gasteiger charge is 2.25. The average molecular weight is 285 g/mol. The van der Waals surface area contributed by atoms with Crippen LogP contribution in [0.15, 0.2) is 30.6 Å². The molecule has 6 nitrogen and oxygen atoms in total. The van der Waals surface area contributed by atoms with Crippen LogP contribution in [-0.4, -0.2) is 38.7 Å². The van der Waals surface area contributed by atoms with Gasteiger partial charge in [0.25, 0.3) is 5.91 Å². The fourth-order valence-electron chi connectivity index (χ4n) is 2.77. The first-order valence-electron chi connectivity index (χ1n) is 7.16. The van der Waals surface area contributed by atoms with Gasteiger partial charge in [-0.3, -0.25) is 14.5 Å². The molecule has 1 fully saturated rings.